The second-order valence-corrected chi connectivity index (χ2v) is 8.41. The number of para-hydroxylation sites is 1. The number of amides is 1. The van der Waals surface area contributed by atoms with E-state index in [0.29, 0.717) is 12.2 Å². The minimum Gasteiger partial charge on any atom is -0.351 e. The molecule has 0 saturated heterocycles. The maximum absolute atomic E-state index is 13.1. The Labute approximate surface area is 160 Å². The first kappa shape index (κ1) is 19.2. The topological polar surface area (TPSA) is 66.5 Å². The van der Waals surface area contributed by atoms with Crippen molar-refractivity contribution in [1.82, 2.24) is 5.32 Å². The van der Waals surface area contributed by atoms with E-state index in [0.717, 1.165) is 23.6 Å². The molecule has 0 fully saturated rings. The standard InChI is InChI=1S/C21H24N2O3S/c24-21(22-16-18-10-4-1-5-11-18)17-23(19-12-6-2-7-13-19)27(25,26)20-14-8-3-9-15-20/h2-3,6-10,12-15H,1,4-5,11,16-17H2,(H,22,24). The fourth-order valence-corrected chi connectivity index (χ4v) is 4.53. The number of nitrogens with zero attached hydrogens (tertiary/aromatic N) is 1. The Morgan fingerprint density at radius 2 is 1.63 bits per heavy atom. The second-order valence-electron chi connectivity index (χ2n) is 6.55. The predicted octanol–water partition coefficient (Wildman–Crippen LogP) is 3.50. The van der Waals surface area contributed by atoms with Gasteiger partial charge in [-0.25, -0.2) is 8.42 Å². The molecule has 0 atom stereocenters. The van der Waals surface area contributed by atoms with Gasteiger partial charge in [-0.15, -0.1) is 0 Å². The van der Waals surface area contributed by atoms with Crippen molar-refractivity contribution < 1.29 is 13.2 Å². The summed E-state index contributed by atoms with van der Waals surface area (Å²) in [6.07, 6.45) is 6.53. The lowest BCUT2D eigenvalue weighted by Crippen LogP contribution is -2.41. The highest BCUT2D eigenvalue weighted by atomic mass is 32.2. The highest BCUT2D eigenvalue weighted by Crippen LogP contribution is 2.23. The van der Waals surface area contributed by atoms with Gasteiger partial charge >= 0.3 is 0 Å². The molecule has 1 aliphatic carbocycles. The van der Waals surface area contributed by atoms with E-state index in [2.05, 4.69) is 11.4 Å². The zero-order valence-corrected chi connectivity index (χ0v) is 16.0. The van der Waals surface area contributed by atoms with Crippen LogP contribution in [0.3, 0.4) is 0 Å². The summed E-state index contributed by atoms with van der Waals surface area (Å²) in [5.74, 6) is -0.315. The van der Waals surface area contributed by atoms with E-state index in [9.17, 15) is 13.2 Å². The van der Waals surface area contributed by atoms with E-state index in [-0.39, 0.29) is 17.3 Å². The van der Waals surface area contributed by atoms with Crippen molar-refractivity contribution in [3.8, 4) is 0 Å². The van der Waals surface area contributed by atoms with E-state index in [1.54, 1.807) is 42.5 Å². The van der Waals surface area contributed by atoms with Crippen LogP contribution in [-0.4, -0.2) is 27.4 Å². The van der Waals surface area contributed by atoms with Gasteiger partial charge in [0.2, 0.25) is 5.91 Å². The number of hydrogen-bond donors (Lipinski definition) is 1. The average Bonchev–Trinajstić information content (AvgIpc) is 2.72. The molecule has 0 spiro atoms. The summed E-state index contributed by atoms with van der Waals surface area (Å²) in [4.78, 5) is 12.7. The van der Waals surface area contributed by atoms with E-state index in [1.165, 1.54) is 24.1 Å². The number of hydrogen-bond acceptors (Lipinski definition) is 3. The lowest BCUT2D eigenvalue weighted by atomic mass is 10.00. The Hall–Kier alpha value is -2.60. The molecule has 1 aliphatic rings. The quantitative estimate of drug-likeness (QED) is 0.743. The van der Waals surface area contributed by atoms with Gasteiger partial charge in [-0.1, -0.05) is 48.0 Å². The zero-order valence-electron chi connectivity index (χ0n) is 15.2. The molecule has 1 N–H and O–H groups in total. The third kappa shape index (κ3) is 4.98. The number of allylic oxidation sites excluding steroid dienone is 1. The molecule has 1 amide bonds. The van der Waals surface area contributed by atoms with Crippen molar-refractivity contribution in [2.75, 3.05) is 17.4 Å². The molecule has 0 aliphatic heterocycles. The van der Waals surface area contributed by atoms with Crippen molar-refractivity contribution in [3.05, 3.63) is 72.3 Å². The molecule has 2 aromatic rings. The molecule has 6 heteroatoms. The smallest absolute Gasteiger partial charge is 0.264 e. The van der Waals surface area contributed by atoms with Gasteiger partial charge in [-0.05, 0) is 49.9 Å². The first-order valence-corrected chi connectivity index (χ1v) is 10.6. The van der Waals surface area contributed by atoms with Gasteiger partial charge in [-0.3, -0.25) is 9.10 Å². The summed E-state index contributed by atoms with van der Waals surface area (Å²) in [7, 11) is -3.83. The van der Waals surface area contributed by atoms with Crippen LogP contribution in [0.15, 0.2) is 77.2 Å². The lowest BCUT2D eigenvalue weighted by molar-refractivity contribution is -0.119. The van der Waals surface area contributed by atoms with E-state index in [1.807, 2.05) is 6.07 Å². The van der Waals surface area contributed by atoms with Gasteiger partial charge in [0.15, 0.2) is 0 Å². The van der Waals surface area contributed by atoms with Crippen LogP contribution in [-0.2, 0) is 14.8 Å². The van der Waals surface area contributed by atoms with Crippen LogP contribution in [0.5, 0.6) is 0 Å². The predicted molar refractivity (Wildman–Crippen MR) is 107 cm³/mol. The monoisotopic (exact) mass is 384 g/mol. The van der Waals surface area contributed by atoms with Gasteiger partial charge in [0.25, 0.3) is 10.0 Å². The van der Waals surface area contributed by atoms with Crippen LogP contribution < -0.4 is 9.62 Å². The second kappa shape index (κ2) is 8.86. The molecule has 0 heterocycles. The van der Waals surface area contributed by atoms with E-state index < -0.39 is 10.0 Å². The van der Waals surface area contributed by atoms with Crippen molar-refractivity contribution in [2.24, 2.45) is 0 Å². The molecular weight excluding hydrogens is 360 g/mol. The normalized spacial score (nSPS) is 14.3. The first-order valence-electron chi connectivity index (χ1n) is 9.15. The maximum atomic E-state index is 13.1. The molecule has 142 valence electrons. The summed E-state index contributed by atoms with van der Waals surface area (Å²) >= 11 is 0. The SMILES string of the molecule is O=C(CN(c1ccccc1)S(=O)(=O)c1ccccc1)NCC1=CCCCC1. The Kier molecular flexibility index (Phi) is 6.29. The molecule has 3 rings (SSSR count). The van der Waals surface area contributed by atoms with Gasteiger partial charge < -0.3 is 5.32 Å². The highest BCUT2D eigenvalue weighted by molar-refractivity contribution is 7.92. The Morgan fingerprint density at radius 3 is 2.26 bits per heavy atom. The van der Waals surface area contributed by atoms with E-state index >= 15 is 0 Å². The zero-order chi connectivity index (χ0) is 19.1. The minimum atomic E-state index is -3.83. The highest BCUT2D eigenvalue weighted by Gasteiger charge is 2.26. The van der Waals surface area contributed by atoms with Gasteiger partial charge in [-0.2, -0.15) is 0 Å². The van der Waals surface area contributed by atoms with Crippen molar-refractivity contribution >= 4 is 21.6 Å². The summed E-state index contributed by atoms with van der Waals surface area (Å²) in [6.45, 7) is 0.224. The Balaban J connectivity index is 1.78. The molecule has 27 heavy (non-hydrogen) atoms. The van der Waals surface area contributed by atoms with Crippen LogP contribution in [0.4, 0.5) is 5.69 Å². The lowest BCUT2D eigenvalue weighted by Gasteiger charge is -2.24. The molecular formula is C21H24N2O3S. The molecule has 0 aromatic heterocycles. The molecule has 2 aromatic carbocycles. The average molecular weight is 385 g/mol. The number of nitrogens with one attached hydrogen (secondary N) is 1. The fourth-order valence-electron chi connectivity index (χ4n) is 3.09. The van der Waals surface area contributed by atoms with Crippen LogP contribution in [0.1, 0.15) is 25.7 Å². The largest absolute Gasteiger partial charge is 0.351 e. The third-order valence-electron chi connectivity index (χ3n) is 4.56. The molecule has 0 unspecified atom stereocenters. The van der Waals surface area contributed by atoms with Gasteiger partial charge in [0, 0.05) is 6.54 Å². The third-order valence-corrected chi connectivity index (χ3v) is 6.35. The van der Waals surface area contributed by atoms with Crippen LogP contribution in [0.2, 0.25) is 0 Å². The summed E-state index contributed by atoms with van der Waals surface area (Å²) < 4.78 is 27.4. The number of carbonyl (C=O) groups excluding carboxylic acids is 1. The van der Waals surface area contributed by atoms with Gasteiger partial charge in [0.05, 0.1) is 10.6 Å². The fraction of sp³-hybridized carbons (Fsp3) is 0.286. The summed E-state index contributed by atoms with van der Waals surface area (Å²) in [5, 5.41) is 2.86. The Morgan fingerprint density at radius 1 is 0.963 bits per heavy atom. The minimum absolute atomic E-state index is 0.164. The van der Waals surface area contributed by atoms with Crippen molar-refractivity contribution in [2.45, 2.75) is 30.6 Å². The van der Waals surface area contributed by atoms with Gasteiger partial charge in [0.1, 0.15) is 6.54 Å². The summed E-state index contributed by atoms with van der Waals surface area (Å²) in [5.41, 5.74) is 1.68. The van der Waals surface area contributed by atoms with E-state index in [4.69, 9.17) is 0 Å². The number of carbonyl (C=O) groups is 1. The van der Waals surface area contributed by atoms with Crippen molar-refractivity contribution in [1.29, 1.82) is 0 Å². The molecule has 5 nitrogen and oxygen atoms in total. The first-order chi connectivity index (χ1) is 13.1. The number of anilines is 1. The summed E-state index contributed by atoms with van der Waals surface area (Å²) in [6, 6.07) is 16.9. The van der Waals surface area contributed by atoms with Crippen LogP contribution in [0.25, 0.3) is 0 Å². The van der Waals surface area contributed by atoms with Crippen molar-refractivity contribution in [3.63, 3.8) is 0 Å². The van der Waals surface area contributed by atoms with Crippen LogP contribution in [0, 0.1) is 0 Å². The maximum Gasteiger partial charge on any atom is 0.264 e. The number of benzene rings is 2. The Bertz CT molecular complexity index is 894. The van der Waals surface area contributed by atoms with Crippen LogP contribution >= 0.6 is 0 Å². The number of sulfonamides is 1. The number of rotatable bonds is 7. The molecule has 0 saturated carbocycles. The molecule has 0 bridgehead atoms. The molecule has 0 radical (unpaired) electrons.